The van der Waals surface area contributed by atoms with Crippen LogP contribution in [0, 0.1) is 0 Å². The van der Waals surface area contributed by atoms with E-state index in [0.29, 0.717) is 6.42 Å². The highest BCUT2D eigenvalue weighted by atomic mass is 32.2. The van der Waals surface area contributed by atoms with E-state index in [1.54, 1.807) is 11.8 Å². The average Bonchev–Trinajstić information content (AvgIpc) is 2.26. The number of benzene rings is 1. The number of hydrogen-bond donors (Lipinski definition) is 2. The van der Waals surface area contributed by atoms with Gasteiger partial charge >= 0.3 is 0 Å². The van der Waals surface area contributed by atoms with E-state index >= 15 is 0 Å². The van der Waals surface area contributed by atoms with Crippen molar-refractivity contribution in [3.8, 4) is 0 Å². The minimum atomic E-state index is -0.0319. The number of para-hydroxylation sites is 1. The van der Waals surface area contributed by atoms with Crippen molar-refractivity contribution in [2.45, 2.75) is 19.4 Å². The number of nitrogens with two attached hydrogens (primary N) is 1. The summed E-state index contributed by atoms with van der Waals surface area (Å²) in [5.74, 6) is 0.924. The monoisotopic (exact) mass is 238 g/mol. The maximum atomic E-state index is 11.5. The van der Waals surface area contributed by atoms with Crippen LogP contribution in [0.15, 0.2) is 24.3 Å². The molecule has 0 spiro atoms. The molecule has 1 atom stereocenters. The Morgan fingerprint density at radius 3 is 2.81 bits per heavy atom. The molecule has 0 heterocycles. The predicted octanol–water partition coefficient (Wildman–Crippen LogP) is 2.20. The van der Waals surface area contributed by atoms with Crippen LogP contribution in [0.2, 0.25) is 0 Å². The van der Waals surface area contributed by atoms with Crippen LogP contribution in [0.25, 0.3) is 0 Å². The minimum absolute atomic E-state index is 0.0319. The molecular formula is C12H18N2OS. The summed E-state index contributed by atoms with van der Waals surface area (Å²) in [6.07, 6.45) is 2.55. The molecule has 0 aliphatic rings. The third-order valence-corrected chi connectivity index (χ3v) is 2.99. The zero-order valence-electron chi connectivity index (χ0n) is 9.69. The Bertz CT molecular complexity index is 355. The number of anilines is 1. The molecular weight excluding hydrogens is 220 g/mol. The molecule has 16 heavy (non-hydrogen) atoms. The second kappa shape index (κ2) is 6.43. The Morgan fingerprint density at radius 2 is 2.19 bits per heavy atom. The van der Waals surface area contributed by atoms with Crippen LogP contribution < -0.4 is 11.1 Å². The smallest absolute Gasteiger partial charge is 0.221 e. The maximum absolute atomic E-state index is 11.5. The molecule has 0 saturated heterocycles. The number of thioether (sulfide) groups is 1. The van der Waals surface area contributed by atoms with Crippen molar-refractivity contribution in [2.75, 3.05) is 17.7 Å². The van der Waals surface area contributed by atoms with Crippen molar-refractivity contribution in [3.05, 3.63) is 29.8 Å². The maximum Gasteiger partial charge on any atom is 0.221 e. The fraction of sp³-hybridized carbons (Fsp3) is 0.417. The molecule has 0 aromatic heterocycles. The van der Waals surface area contributed by atoms with Crippen molar-refractivity contribution < 1.29 is 4.79 Å². The first kappa shape index (κ1) is 12.9. The summed E-state index contributed by atoms with van der Waals surface area (Å²) >= 11 is 1.67. The van der Waals surface area contributed by atoms with E-state index in [-0.39, 0.29) is 11.9 Å². The average molecular weight is 238 g/mol. The van der Waals surface area contributed by atoms with Gasteiger partial charge in [-0.25, -0.2) is 0 Å². The summed E-state index contributed by atoms with van der Waals surface area (Å²) in [5, 5.41) is 2.94. The number of nitrogens with one attached hydrogen (secondary N) is 1. The van der Waals surface area contributed by atoms with Gasteiger partial charge in [0.1, 0.15) is 0 Å². The molecule has 88 valence electrons. The van der Waals surface area contributed by atoms with Crippen molar-refractivity contribution in [2.24, 2.45) is 0 Å². The van der Waals surface area contributed by atoms with E-state index in [4.69, 9.17) is 5.73 Å². The number of hydrogen-bond acceptors (Lipinski definition) is 3. The summed E-state index contributed by atoms with van der Waals surface area (Å²) in [4.78, 5) is 11.5. The molecule has 0 aliphatic carbocycles. The molecule has 3 nitrogen and oxygen atoms in total. The van der Waals surface area contributed by atoms with E-state index in [2.05, 4.69) is 5.32 Å². The first-order valence-corrected chi connectivity index (χ1v) is 6.67. The number of rotatable bonds is 5. The molecule has 1 aromatic rings. The lowest BCUT2D eigenvalue weighted by molar-refractivity contribution is -0.121. The first-order valence-electron chi connectivity index (χ1n) is 5.28. The Balaban J connectivity index is 2.55. The van der Waals surface area contributed by atoms with Crippen LogP contribution in [0.1, 0.15) is 24.9 Å². The lowest BCUT2D eigenvalue weighted by atomic mass is 10.1. The quantitative estimate of drug-likeness (QED) is 0.773. The minimum Gasteiger partial charge on any atom is -0.398 e. The molecule has 1 unspecified atom stereocenters. The van der Waals surface area contributed by atoms with Gasteiger partial charge in [-0.3, -0.25) is 4.79 Å². The highest BCUT2D eigenvalue weighted by Gasteiger charge is 2.10. The van der Waals surface area contributed by atoms with Crippen molar-refractivity contribution in [1.82, 2.24) is 5.32 Å². The van der Waals surface area contributed by atoms with Gasteiger partial charge in [-0.05, 0) is 24.8 Å². The second-order valence-electron chi connectivity index (χ2n) is 3.66. The van der Waals surface area contributed by atoms with Crippen LogP contribution in [0.3, 0.4) is 0 Å². The highest BCUT2D eigenvalue weighted by Crippen LogP contribution is 2.19. The molecule has 1 rings (SSSR count). The summed E-state index contributed by atoms with van der Waals surface area (Å²) in [7, 11) is 0. The van der Waals surface area contributed by atoms with Crippen molar-refractivity contribution in [1.29, 1.82) is 0 Å². The SMILES string of the molecule is CSCCC(=O)NC(C)c1ccccc1N. The highest BCUT2D eigenvalue weighted by molar-refractivity contribution is 7.98. The Hall–Kier alpha value is -1.16. The fourth-order valence-electron chi connectivity index (χ4n) is 1.49. The molecule has 0 radical (unpaired) electrons. The molecule has 4 heteroatoms. The van der Waals surface area contributed by atoms with Gasteiger partial charge in [0.05, 0.1) is 6.04 Å². The van der Waals surface area contributed by atoms with Crippen LogP contribution in [0.4, 0.5) is 5.69 Å². The van der Waals surface area contributed by atoms with Gasteiger partial charge in [-0.15, -0.1) is 0 Å². The van der Waals surface area contributed by atoms with E-state index in [9.17, 15) is 4.79 Å². The summed E-state index contributed by atoms with van der Waals surface area (Å²) in [6, 6.07) is 7.57. The van der Waals surface area contributed by atoms with E-state index in [1.807, 2.05) is 37.4 Å². The van der Waals surface area contributed by atoms with Gasteiger partial charge < -0.3 is 11.1 Å². The Labute approximate surface area is 101 Å². The van der Waals surface area contributed by atoms with Crippen molar-refractivity contribution in [3.63, 3.8) is 0 Å². The van der Waals surface area contributed by atoms with E-state index in [1.165, 1.54) is 0 Å². The number of carbonyl (C=O) groups is 1. The van der Waals surface area contributed by atoms with Gasteiger partial charge in [0.15, 0.2) is 0 Å². The zero-order valence-corrected chi connectivity index (χ0v) is 10.5. The van der Waals surface area contributed by atoms with Crippen LogP contribution in [-0.2, 0) is 4.79 Å². The second-order valence-corrected chi connectivity index (χ2v) is 4.65. The van der Waals surface area contributed by atoms with Crippen LogP contribution in [-0.4, -0.2) is 17.9 Å². The third kappa shape index (κ3) is 3.77. The van der Waals surface area contributed by atoms with Crippen LogP contribution in [0.5, 0.6) is 0 Å². The molecule has 3 N–H and O–H groups in total. The first-order chi connectivity index (χ1) is 7.65. The molecule has 0 aliphatic heterocycles. The van der Waals surface area contributed by atoms with Gasteiger partial charge in [-0.1, -0.05) is 18.2 Å². The van der Waals surface area contributed by atoms with Gasteiger partial charge in [0, 0.05) is 17.9 Å². The molecule has 0 fully saturated rings. The Kier molecular flexibility index (Phi) is 5.19. The normalized spacial score (nSPS) is 12.1. The molecule has 0 saturated carbocycles. The summed E-state index contributed by atoms with van der Waals surface area (Å²) in [5.41, 5.74) is 7.54. The number of amides is 1. The summed E-state index contributed by atoms with van der Waals surface area (Å²) < 4.78 is 0. The number of nitrogen functional groups attached to an aromatic ring is 1. The Morgan fingerprint density at radius 1 is 1.50 bits per heavy atom. The molecule has 0 bridgehead atoms. The van der Waals surface area contributed by atoms with Gasteiger partial charge in [-0.2, -0.15) is 11.8 Å². The zero-order chi connectivity index (χ0) is 12.0. The molecule has 1 aromatic carbocycles. The third-order valence-electron chi connectivity index (χ3n) is 2.37. The van der Waals surface area contributed by atoms with E-state index < -0.39 is 0 Å². The lowest BCUT2D eigenvalue weighted by Crippen LogP contribution is -2.27. The molecule has 1 amide bonds. The van der Waals surface area contributed by atoms with Gasteiger partial charge in [0.2, 0.25) is 5.91 Å². The van der Waals surface area contributed by atoms with Crippen molar-refractivity contribution >= 4 is 23.4 Å². The van der Waals surface area contributed by atoms with Crippen LogP contribution >= 0.6 is 11.8 Å². The number of carbonyl (C=O) groups excluding carboxylic acids is 1. The van der Waals surface area contributed by atoms with Gasteiger partial charge in [0.25, 0.3) is 0 Å². The lowest BCUT2D eigenvalue weighted by Gasteiger charge is -2.16. The van der Waals surface area contributed by atoms with E-state index in [0.717, 1.165) is 17.0 Å². The standard InChI is InChI=1S/C12H18N2OS/c1-9(14-12(15)7-8-16-2)10-5-3-4-6-11(10)13/h3-6,9H,7-8,13H2,1-2H3,(H,14,15). The fourth-order valence-corrected chi connectivity index (χ4v) is 1.88. The summed E-state index contributed by atoms with van der Waals surface area (Å²) in [6.45, 7) is 1.95. The largest absolute Gasteiger partial charge is 0.398 e. The topological polar surface area (TPSA) is 55.1 Å². The predicted molar refractivity (Wildman–Crippen MR) is 70.4 cm³/mol.